The summed E-state index contributed by atoms with van der Waals surface area (Å²) in [6.07, 6.45) is 0.0540. The van der Waals surface area contributed by atoms with Gasteiger partial charge < -0.3 is 14.8 Å². The number of sulfonamides is 1. The zero-order valence-corrected chi connectivity index (χ0v) is 27.2. The molecule has 5 rings (SSSR count). The summed E-state index contributed by atoms with van der Waals surface area (Å²) >= 11 is 6.23. The van der Waals surface area contributed by atoms with Crippen LogP contribution in [0.5, 0.6) is 11.8 Å². The summed E-state index contributed by atoms with van der Waals surface area (Å²) in [7, 11) is -4.39. The molecule has 1 saturated carbocycles. The number of alkyl halides is 3. The summed E-state index contributed by atoms with van der Waals surface area (Å²) in [6.45, 7) is 7.27. The molecule has 1 aliphatic heterocycles. The molecule has 1 unspecified atom stereocenters. The number of carbonyl (C=O) groups is 1. The van der Waals surface area contributed by atoms with Gasteiger partial charge in [0.05, 0.1) is 24.2 Å². The Labute approximate surface area is 270 Å². The molecule has 11 nitrogen and oxygen atoms in total. The minimum atomic E-state index is -4.39. The number of carbonyl (C=O) groups excluding carboxylic acids is 1. The first kappa shape index (κ1) is 33.9. The van der Waals surface area contributed by atoms with Crippen LogP contribution in [0.4, 0.5) is 13.2 Å². The van der Waals surface area contributed by atoms with Gasteiger partial charge in [-0.2, -0.15) is 26.6 Å². The molecule has 0 bridgehead atoms. The van der Waals surface area contributed by atoms with Gasteiger partial charge >= 0.3 is 6.18 Å². The van der Waals surface area contributed by atoms with Crippen LogP contribution in [-0.4, -0.2) is 65.5 Å². The fourth-order valence-corrected chi connectivity index (χ4v) is 6.60. The number of pyridine rings is 2. The molecule has 3 aromatic heterocycles. The van der Waals surface area contributed by atoms with Crippen molar-refractivity contribution in [3.8, 4) is 17.6 Å². The van der Waals surface area contributed by atoms with Crippen molar-refractivity contribution in [2.75, 3.05) is 19.8 Å². The molecule has 1 saturated heterocycles. The van der Waals surface area contributed by atoms with E-state index in [4.69, 9.17) is 21.1 Å². The Morgan fingerprint density at radius 1 is 1.13 bits per heavy atom. The van der Waals surface area contributed by atoms with E-state index in [1.807, 2.05) is 4.72 Å². The lowest BCUT2D eigenvalue weighted by molar-refractivity contribution is -0.190. The second kappa shape index (κ2) is 13.0. The zero-order valence-electron chi connectivity index (χ0n) is 25.7. The van der Waals surface area contributed by atoms with E-state index in [0.29, 0.717) is 18.1 Å². The van der Waals surface area contributed by atoms with E-state index in [1.54, 1.807) is 13.0 Å². The van der Waals surface area contributed by atoms with Gasteiger partial charge in [-0.25, -0.2) is 14.4 Å². The Balaban J connectivity index is 1.16. The summed E-state index contributed by atoms with van der Waals surface area (Å²) in [5, 5.41) is 6.94. The van der Waals surface area contributed by atoms with Gasteiger partial charge in [0, 0.05) is 23.4 Å². The minimum Gasteiger partial charge on any atom is -0.477 e. The van der Waals surface area contributed by atoms with Crippen LogP contribution in [0.15, 0.2) is 41.6 Å². The highest BCUT2D eigenvalue weighted by atomic mass is 35.5. The molecule has 1 atom stereocenters. The lowest BCUT2D eigenvalue weighted by Crippen LogP contribution is -2.31. The highest BCUT2D eigenvalue weighted by molar-refractivity contribution is 7.90. The Bertz CT molecular complexity index is 1690. The van der Waals surface area contributed by atoms with Gasteiger partial charge in [0.25, 0.3) is 15.9 Å². The first-order valence-electron chi connectivity index (χ1n) is 14.9. The molecule has 16 heteroatoms. The molecule has 1 amide bonds. The molecular weight excluding hydrogens is 649 g/mol. The first-order chi connectivity index (χ1) is 21.6. The molecule has 250 valence electrons. The van der Waals surface area contributed by atoms with E-state index >= 15 is 0 Å². The number of hydrogen-bond acceptors (Lipinski definition) is 9. The van der Waals surface area contributed by atoms with Crippen LogP contribution >= 0.6 is 11.6 Å². The summed E-state index contributed by atoms with van der Waals surface area (Å²) in [5.41, 5.74) is -1.11. The number of amides is 1. The normalized spacial score (nSPS) is 18.7. The van der Waals surface area contributed by atoms with E-state index in [0.717, 1.165) is 25.8 Å². The topological polar surface area (TPSA) is 137 Å². The van der Waals surface area contributed by atoms with Crippen molar-refractivity contribution < 1.29 is 35.9 Å². The maximum Gasteiger partial charge on any atom is 0.394 e. The Morgan fingerprint density at radius 2 is 1.89 bits per heavy atom. The number of nitrogens with zero attached hydrogens (tertiary/aromatic N) is 4. The minimum absolute atomic E-state index is 0.0898. The Morgan fingerprint density at radius 3 is 2.54 bits per heavy atom. The van der Waals surface area contributed by atoms with Gasteiger partial charge in [-0.3, -0.25) is 4.79 Å². The lowest BCUT2D eigenvalue weighted by Gasteiger charge is -2.18. The largest absolute Gasteiger partial charge is 0.477 e. The van der Waals surface area contributed by atoms with E-state index < -0.39 is 32.5 Å². The quantitative estimate of drug-likeness (QED) is 0.179. The Kier molecular flexibility index (Phi) is 9.58. The number of nitrogens with one attached hydrogen (secondary N) is 2. The second-order valence-electron chi connectivity index (χ2n) is 12.5. The summed E-state index contributed by atoms with van der Waals surface area (Å²) in [6, 6.07) is 6.94. The summed E-state index contributed by atoms with van der Waals surface area (Å²) in [4.78, 5) is 21.2. The predicted molar refractivity (Wildman–Crippen MR) is 163 cm³/mol. The van der Waals surface area contributed by atoms with Crippen molar-refractivity contribution in [2.45, 2.75) is 76.0 Å². The van der Waals surface area contributed by atoms with Crippen molar-refractivity contribution in [3.63, 3.8) is 0 Å². The molecular formula is C30H36ClF3N6O5S. The number of aryl methyl sites for hydroxylation is 1. The van der Waals surface area contributed by atoms with Crippen LogP contribution in [-0.2, 0) is 10.0 Å². The Hall–Kier alpha value is -3.43. The van der Waals surface area contributed by atoms with E-state index in [1.165, 1.54) is 35.1 Å². The smallest absolute Gasteiger partial charge is 0.394 e. The van der Waals surface area contributed by atoms with Gasteiger partial charge in [-0.15, -0.1) is 5.10 Å². The number of ether oxygens (including phenoxy) is 2. The van der Waals surface area contributed by atoms with Crippen LogP contribution in [0.3, 0.4) is 0 Å². The third kappa shape index (κ3) is 7.92. The van der Waals surface area contributed by atoms with Crippen LogP contribution in [0, 0.1) is 18.3 Å². The molecule has 0 spiro atoms. The standard InChI is InChI=1S/C30H36ClF3N6O5S/c1-19-6-9-24(37-27(19)45-15-4-5-20-17-28(2,3)35-18-20)46(42,43)39-26(41)21-7-8-22(36-25(21)31)40-14-10-23(38-40)44-16-13-29(11-12-29)30(32,33)34/h6-10,14,20,35H,4-5,11-13,15-18H2,1-3H3,(H,39,41). The van der Waals surface area contributed by atoms with Crippen LogP contribution < -0.4 is 19.5 Å². The van der Waals surface area contributed by atoms with Crippen molar-refractivity contribution >= 4 is 27.5 Å². The monoisotopic (exact) mass is 684 g/mol. The predicted octanol–water partition coefficient (Wildman–Crippen LogP) is 5.40. The van der Waals surface area contributed by atoms with Crippen LogP contribution in [0.25, 0.3) is 5.82 Å². The maximum absolute atomic E-state index is 13.1. The van der Waals surface area contributed by atoms with Gasteiger partial charge in [0.2, 0.25) is 11.8 Å². The molecule has 1 aliphatic carbocycles. The molecule has 3 aromatic rings. The van der Waals surface area contributed by atoms with Crippen molar-refractivity contribution in [3.05, 3.63) is 52.8 Å². The second-order valence-corrected chi connectivity index (χ2v) is 14.5. The third-order valence-corrected chi connectivity index (χ3v) is 9.87. The number of halogens is 4. The molecule has 2 aliphatic rings. The zero-order chi connectivity index (χ0) is 33.3. The average molecular weight is 685 g/mol. The molecule has 4 heterocycles. The first-order valence-corrected chi connectivity index (χ1v) is 16.8. The molecule has 2 fully saturated rings. The fraction of sp³-hybridized carbons (Fsp3) is 0.533. The summed E-state index contributed by atoms with van der Waals surface area (Å²) < 4.78 is 79.9. The van der Waals surface area contributed by atoms with Crippen LogP contribution in [0.1, 0.15) is 68.3 Å². The van der Waals surface area contributed by atoms with E-state index in [-0.39, 0.29) is 59.7 Å². The molecule has 46 heavy (non-hydrogen) atoms. The van der Waals surface area contributed by atoms with E-state index in [2.05, 4.69) is 34.2 Å². The number of aromatic nitrogens is 4. The number of hydrogen-bond donors (Lipinski definition) is 2. The van der Waals surface area contributed by atoms with Crippen molar-refractivity contribution in [2.24, 2.45) is 11.3 Å². The molecule has 2 N–H and O–H groups in total. The van der Waals surface area contributed by atoms with E-state index in [9.17, 15) is 26.4 Å². The van der Waals surface area contributed by atoms with Gasteiger partial charge in [-0.05, 0) is 90.0 Å². The van der Waals surface area contributed by atoms with Crippen molar-refractivity contribution in [1.29, 1.82) is 0 Å². The number of rotatable bonds is 13. The SMILES string of the molecule is Cc1ccc(S(=O)(=O)NC(=O)c2ccc(-n3ccc(OCCC4(C(F)(F)F)CC4)n3)nc2Cl)nc1OCCCC1CNC(C)(C)C1. The van der Waals surface area contributed by atoms with Gasteiger partial charge in [-0.1, -0.05) is 17.7 Å². The van der Waals surface area contributed by atoms with Crippen molar-refractivity contribution in [1.82, 2.24) is 29.8 Å². The highest BCUT2D eigenvalue weighted by Gasteiger charge is 2.62. The highest BCUT2D eigenvalue weighted by Crippen LogP contribution is 2.59. The molecule has 0 radical (unpaired) electrons. The van der Waals surface area contributed by atoms with Gasteiger partial charge in [0.1, 0.15) is 5.15 Å². The molecule has 0 aromatic carbocycles. The third-order valence-electron chi connectivity index (χ3n) is 8.35. The van der Waals surface area contributed by atoms with Gasteiger partial charge in [0.15, 0.2) is 10.8 Å². The van der Waals surface area contributed by atoms with Crippen LogP contribution in [0.2, 0.25) is 5.15 Å². The fourth-order valence-electron chi connectivity index (χ4n) is 5.46. The summed E-state index contributed by atoms with van der Waals surface area (Å²) in [5.74, 6) is -0.0455. The maximum atomic E-state index is 13.1. The lowest BCUT2D eigenvalue weighted by atomic mass is 9.94. The average Bonchev–Trinajstić information content (AvgIpc) is 3.49.